The van der Waals surface area contributed by atoms with Crippen molar-refractivity contribution < 1.29 is 9.53 Å². The van der Waals surface area contributed by atoms with E-state index < -0.39 is 0 Å². The van der Waals surface area contributed by atoms with Crippen LogP contribution in [0.4, 0.5) is 5.69 Å². The number of fused-ring (bicyclic) bond motifs is 1. The van der Waals surface area contributed by atoms with Crippen LogP contribution >= 0.6 is 23.2 Å². The van der Waals surface area contributed by atoms with Crippen molar-refractivity contribution in [2.45, 2.75) is 32.7 Å². The molecule has 1 aliphatic rings. The van der Waals surface area contributed by atoms with E-state index in [1.165, 1.54) is 11.3 Å². The SMILES string of the molecule is CCOC(=O)c1cccc(-c2ccc3c(c2)N(Cc2ccc(Cl)cc2Cl)CCCC3)c1. The van der Waals surface area contributed by atoms with E-state index in [2.05, 4.69) is 23.1 Å². The van der Waals surface area contributed by atoms with Crippen LogP contribution in [0.15, 0.2) is 60.7 Å². The van der Waals surface area contributed by atoms with Crippen LogP contribution in [0.3, 0.4) is 0 Å². The largest absolute Gasteiger partial charge is 0.462 e. The highest BCUT2D eigenvalue weighted by Gasteiger charge is 2.18. The first-order valence-electron chi connectivity index (χ1n) is 10.6. The molecule has 0 radical (unpaired) electrons. The standard InChI is InChI=1S/C26H25Cl2NO2/c1-2-31-26(30)21-8-5-7-19(14-21)20-10-9-18-6-3-4-13-29(25(18)15-20)17-22-11-12-23(27)16-24(22)28/h5,7-12,14-16H,2-4,6,13,17H2,1H3. The van der Waals surface area contributed by atoms with Crippen LogP contribution in [0, 0.1) is 0 Å². The molecule has 160 valence electrons. The molecule has 0 spiro atoms. The number of ether oxygens (including phenoxy) is 1. The third-order valence-corrected chi connectivity index (χ3v) is 6.22. The topological polar surface area (TPSA) is 29.5 Å². The van der Waals surface area contributed by atoms with Gasteiger partial charge in [-0.15, -0.1) is 0 Å². The first-order chi connectivity index (χ1) is 15.0. The van der Waals surface area contributed by atoms with Crippen molar-refractivity contribution in [1.82, 2.24) is 0 Å². The Labute approximate surface area is 193 Å². The summed E-state index contributed by atoms with van der Waals surface area (Å²) < 4.78 is 5.16. The first-order valence-corrected chi connectivity index (χ1v) is 11.4. The minimum atomic E-state index is -0.293. The van der Waals surface area contributed by atoms with E-state index in [1.54, 1.807) is 12.1 Å². The Morgan fingerprint density at radius 3 is 2.65 bits per heavy atom. The first kappa shape index (κ1) is 21.7. The van der Waals surface area contributed by atoms with Gasteiger partial charge in [0.1, 0.15) is 0 Å². The van der Waals surface area contributed by atoms with Crippen molar-refractivity contribution in [1.29, 1.82) is 0 Å². The molecule has 3 aromatic carbocycles. The number of hydrogen-bond donors (Lipinski definition) is 0. The van der Waals surface area contributed by atoms with Gasteiger partial charge in [-0.25, -0.2) is 4.79 Å². The van der Waals surface area contributed by atoms with E-state index in [-0.39, 0.29) is 5.97 Å². The number of benzene rings is 3. The molecule has 1 aliphatic heterocycles. The monoisotopic (exact) mass is 453 g/mol. The lowest BCUT2D eigenvalue weighted by Gasteiger charge is -2.26. The van der Waals surface area contributed by atoms with Gasteiger partial charge < -0.3 is 9.64 Å². The van der Waals surface area contributed by atoms with Gasteiger partial charge in [-0.05, 0) is 78.8 Å². The molecule has 3 nitrogen and oxygen atoms in total. The molecular weight excluding hydrogens is 429 g/mol. The summed E-state index contributed by atoms with van der Waals surface area (Å²) in [5, 5.41) is 1.34. The van der Waals surface area contributed by atoms with Crippen LogP contribution in [-0.4, -0.2) is 19.1 Å². The zero-order valence-electron chi connectivity index (χ0n) is 17.5. The Balaban J connectivity index is 1.68. The molecule has 0 unspecified atom stereocenters. The van der Waals surface area contributed by atoms with Crippen LogP contribution in [-0.2, 0) is 17.7 Å². The summed E-state index contributed by atoms with van der Waals surface area (Å²) >= 11 is 12.5. The number of carbonyl (C=O) groups is 1. The second-order valence-corrected chi connectivity index (χ2v) is 8.60. The Hall–Kier alpha value is -2.49. The predicted octanol–water partition coefficient (Wildman–Crippen LogP) is 7.18. The van der Waals surface area contributed by atoms with Crippen LogP contribution in [0.25, 0.3) is 11.1 Å². The lowest BCUT2D eigenvalue weighted by molar-refractivity contribution is 0.0526. The van der Waals surface area contributed by atoms with Gasteiger partial charge in [0, 0.05) is 28.8 Å². The van der Waals surface area contributed by atoms with E-state index in [9.17, 15) is 4.79 Å². The Bertz CT molecular complexity index is 1100. The second kappa shape index (κ2) is 9.76. The molecule has 0 N–H and O–H groups in total. The molecule has 1 heterocycles. The fraction of sp³-hybridized carbons (Fsp3) is 0.269. The maximum atomic E-state index is 12.2. The van der Waals surface area contributed by atoms with Crippen LogP contribution in [0.5, 0.6) is 0 Å². The Morgan fingerprint density at radius 1 is 1.00 bits per heavy atom. The maximum Gasteiger partial charge on any atom is 0.338 e. The van der Waals surface area contributed by atoms with Gasteiger partial charge >= 0.3 is 5.97 Å². The summed E-state index contributed by atoms with van der Waals surface area (Å²) in [5.74, 6) is -0.293. The van der Waals surface area contributed by atoms with E-state index in [0.717, 1.165) is 49.0 Å². The zero-order chi connectivity index (χ0) is 21.8. The molecule has 0 atom stereocenters. The number of esters is 1. The normalized spacial score (nSPS) is 13.5. The van der Waals surface area contributed by atoms with Gasteiger partial charge in [-0.1, -0.05) is 53.5 Å². The zero-order valence-corrected chi connectivity index (χ0v) is 19.0. The second-order valence-electron chi connectivity index (χ2n) is 7.76. The number of carbonyl (C=O) groups excluding carboxylic acids is 1. The van der Waals surface area contributed by atoms with Crippen molar-refractivity contribution in [2.24, 2.45) is 0 Å². The molecule has 0 aliphatic carbocycles. The highest BCUT2D eigenvalue weighted by Crippen LogP contribution is 2.34. The van der Waals surface area contributed by atoms with Gasteiger partial charge in [0.25, 0.3) is 0 Å². The number of hydrogen-bond acceptors (Lipinski definition) is 3. The smallest absolute Gasteiger partial charge is 0.338 e. The van der Waals surface area contributed by atoms with Crippen molar-refractivity contribution in [2.75, 3.05) is 18.1 Å². The summed E-state index contributed by atoms with van der Waals surface area (Å²) in [4.78, 5) is 14.6. The molecule has 0 saturated carbocycles. The average Bonchev–Trinajstić information content (AvgIpc) is 2.97. The minimum Gasteiger partial charge on any atom is -0.462 e. The lowest BCUT2D eigenvalue weighted by atomic mass is 9.98. The highest BCUT2D eigenvalue weighted by atomic mass is 35.5. The average molecular weight is 454 g/mol. The van der Waals surface area contributed by atoms with Gasteiger partial charge in [0.05, 0.1) is 12.2 Å². The van der Waals surface area contributed by atoms with E-state index in [1.807, 2.05) is 37.3 Å². The third kappa shape index (κ3) is 5.06. The number of halogens is 2. The van der Waals surface area contributed by atoms with E-state index >= 15 is 0 Å². The highest BCUT2D eigenvalue weighted by molar-refractivity contribution is 6.35. The number of rotatable bonds is 5. The van der Waals surface area contributed by atoms with E-state index in [4.69, 9.17) is 27.9 Å². The molecule has 31 heavy (non-hydrogen) atoms. The van der Waals surface area contributed by atoms with Gasteiger partial charge in [0.2, 0.25) is 0 Å². The van der Waals surface area contributed by atoms with Crippen LogP contribution < -0.4 is 4.90 Å². The number of anilines is 1. The molecule has 0 bridgehead atoms. The van der Waals surface area contributed by atoms with Crippen LogP contribution in [0.2, 0.25) is 10.0 Å². The predicted molar refractivity (Wildman–Crippen MR) is 128 cm³/mol. The van der Waals surface area contributed by atoms with Gasteiger partial charge in [-0.2, -0.15) is 0 Å². The molecule has 0 saturated heterocycles. The van der Waals surface area contributed by atoms with Crippen molar-refractivity contribution in [3.8, 4) is 11.1 Å². The minimum absolute atomic E-state index is 0.293. The summed E-state index contributed by atoms with van der Waals surface area (Å²) in [5.41, 5.74) is 6.28. The van der Waals surface area contributed by atoms with E-state index in [0.29, 0.717) is 22.2 Å². The van der Waals surface area contributed by atoms with Crippen molar-refractivity contribution in [3.63, 3.8) is 0 Å². The van der Waals surface area contributed by atoms with Gasteiger partial charge in [0.15, 0.2) is 0 Å². The van der Waals surface area contributed by atoms with Gasteiger partial charge in [-0.3, -0.25) is 0 Å². The quantitative estimate of drug-likeness (QED) is 0.383. The maximum absolute atomic E-state index is 12.2. The number of nitrogens with zero attached hydrogens (tertiary/aromatic N) is 1. The molecule has 0 aromatic heterocycles. The summed E-state index contributed by atoms with van der Waals surface area (Å²) in [6.07, 6.45) is 3.35. The third-order valence-electron chi connectivity index (χ3n) is 5.63. The molecule has 5 heteroatoms. The van der Waals surface area contributed by atoms with Crippen LogP contribution in [0.1, 0.15) is 41.3 Å². The Morgan fingerprint density at radius 2 is 1.84 bits per heavy atom. The lowest BCUT2D eigenvalue weighted by Crippen LogP contribution is -2.23. The molecular formula is C26H25Cl2NO2. The Kier molecular flexibility index (Phi) is 6.84. The fourth-order valence-electron chi connectivity index (χ4n) is 4.05. The molecule has 3 aromatic rings. The van der Waals surface area contributed by atoms with Crippen molar-refractivity contribution in [3.05, 3.63) is 87.4 Å². The molecule has 0 amide bonds. The van der Waals surface area contributed by atoms with Crippen molar-refractivity contribution >= 4 is 34.9 Å². The summed E-state index contributed by atoms with van der Waals surface area (Å²) in [6, 6.07) is 19.9. The number of aryl methyl sites for hydroxylation is 1. The summed E-state index contributed by atoms with van der Waals surface area (Å²) in [7, 11) is 0. The fourth-order valence-corrected chi connectivity index (χ4v) is 4.52. The molecule has 4 rings (SSSR count). The summed E-state index contributed by atoms with van der Waals surface area (Å²) in [6.45, 7) is 3.88. The molecule has 0 fully saturated rings.